The van der Waals surface area contributed by atoms with Crippen LogP contribution in [0.25, 0.3) is 0 Å². The summed E-state index contributed by atoms with van der Waals surface area (Å²) in [5, 5.41) is 1.73. The van der Waals surface area contributed by atoms with E-state index in [0.717, 1.165) is 11.1 Å². The highest BCUT2D eigenvalue weighted by molar-refractivity contribution is 7.94. The maximum atomic E-state index is 12.1. The van der Waals surface area contributed by atoms with Crippen LogP contribution in [0.1, 0.15) is 11.1 Å². The summed E-state index contributed by atoms with van der Waals surface area (Å²) < 4.78 is 27.2. The standard InChI is InChI=1S/C12H14N2O2S2/c1-8-5-6-10(13)9(2)12(8)14-18(15,16)11-4-3-7-17-11/h3-7,14H,13H2,1-2H3. The van der Waals surface area contributed by atoms with Gasteiger partial charge in [0.1, 0.15) is 4.21 Å². The minimum absolute atomic E-state index is 0.295. The van der Waals surface area contributed by atoms with Gasteiger partial charge < -0.3 is 5.73 Å². The topological polar surface area (TPSA) is 72.2 Å². The van der Waals surface area contributed by atoms with Crippen molar-refractivity contribution in [1.82, 2.24) is 0 Å². The first kappa shape index (κ1) is 12.9. The molecule has 0 spiro atoms. The Morgan fingerprint density at radius 2 is 1.94 bits per heavy atom. The van der Waals surface area contributed by atoms with Crippen LogP contribution >= 0.6 is 11.3 Å². The van der Waals surface area contributed by atoms with Crippen molar-refractivity contribution in [3.63, 3.8) is 0 Å². The number of nitrogen functional groups attached to an aromatic ring is 1. The number of hydrogen-bond donors (Lipinski definition) is 2. The first-order chi connectivity index (χ1) is 8.42. The highest BCUT2D eigenvalue weighted by atomic mass is 32.2. The van der Waals surface area contributed by atoms with Crippen LogP contribution < -0.4 is 10.5 Å². The summed E-state index contributed by atoms with van der Waals surface area (Å²) >= 11 is 1.18. The van der Waals surface area contributed by atoms with Gasteiger partial charge in [0, 0.05) is 5.69 Å². The normalized spacial score (nSPS) is 11.4. The molecule has 0 fully saturated rings. The smallest absolute Gasteiger partial charge is 0.271 e. The molecular weight excluding hydrogens is 268 g/mol. The second-order valence-corrected chi connectivity index (χ2v) is 6.87. The lowest BCUT2D eigenvalue weighted by molar-refractivity contribution is 0.603. The van der Waals surface area contributed by atoms with E-state index in [9.17, 15) is 8.42 Å². The van der Waals surface area contributed by atoms with E-state index in [4.69, 9.17) is 5.73 Å². The van der Waals surface area contributed by atoms with Crippen molar-refractivity contribution in [2.45, 2.75) is 18.1 Å². The summed E-state index contributed by atoms with van der Waals surface area (Å²) in [6, 6.07) is 6.85. The van der Waals surface area contributed by atoms with Gasteiger partial charge in [-0.15, -0.1) is 11.3 Å². The maximum absolute atomic E-state index is 12.1. The highest BCUT2D eigenvalue weighted by Gasteiger charge is 2.18. The minimum Gasteiger partial charge on any atom is -0.398 e. The molecule has 0 atom stereocenters. The Kier molecular flexibility index (Phi) is 3.32. The average Bonchev–Trinajstić information content (AvgIpc) is 2.84. The number of anilines is 2. The molecule has 0 aliphatic rings. The minimum atomic E-state index is -3.52. The molecule has 1 heterocycles. The van der Waals surface area contributed by atoms with Crippen LogP contribution in [0, 0.1) is 13.8 Å². The molecule has 2 rings (SSSR count). The molecule has 96 valence electrons. The summed E-state index contributed by atoms with van der Waals surface area (Å²) in [5.41, 5.74) is 8.52. The lowest BCUT2D eigenvalue weighted by Crippen LogP contribution is -2.14. The summed E-state index contributed by atoms with van der Waals surface area (Å²) in [6.07, 6.45) is 0. The van der Waals surface area contributed by atoms with Crippen LogP contribution in [0.5, 0.6) is 0 Å². The Balaban J connectivity index is 2.45. The van der Waals surface area contributed by atoms with Gasteiger partial charge >= 0.3 is 0 Å². The van der Waals surface area contributed by atoms with Crippen LogP contribution in [-0.4, -0.2) is 8.42 Å². The van der Waals surface area contributed by atoms with Crippen molar-refractivity contribution in [2.75, 3.05) is 10.5 Å². The van der Waals surface area contributed by atoms with Crippen molar-refractivity contribution in [2.24, 2.45) is 0 Å². The largest absolute Gasteiger partial charge is 0.398 e. The second kappa shape index (κ2) is 4.62. The summed E-state index contributed by atoms with van der Waals surface area (Å²) in [7, 11) is -3.52. The Labute approximate surface area is 111 Å². The van der Waals surface area contributed by atoms with Gasteiger partial charge in [-0.05, 0) is 42.5 Å². The van der Waals surface area contributed by atoms with Crippen LogP contribution in [-0.2, 0) is 10.0 Å². The zero-order valence-electron chi connectivity index (χ0n) is 10.1. The zero-order valence-corrected chi connectivity index (χ0v) is 11.7. The first-order valence-corrected chi connectivity index (χ1v) is 7.70. The molecule has 0 saturated carbocycles. The van der Waals surface area contributed by atoms with Gasteiger partial charge in [-0.3, -0.25) is 4.72 Å². The number of nitrogens with one attached hydrogen (secondary N) is 1. The van der Waals surface area contributed by atoms with Gasteiger partial charge in [0.2, 0.25) is 0 Å². The molecule has 1 aromatic heterocycles. The number of benzene rings is 1. The maximum Gasteiger partial charge on any atom is 0.271 e. The number of sulfonamides is 1. The fraction of sp³-hybridized carbons (Fsp3) is 0.167. The molecular formula is C12H14N2O2S2. The molecule has 0 aliphatic heterocycles. The van der Waals surface area contributed by atoms with Crippen molar-refractivity contribution in [1.29, 1.82) is 0 Å². The van der Waals surface area contributed by atoms with Crippen LogP contribution in [0.2, 0.25) is 0 Å². The van der Waals surface area contributed by atoms with E-state index in [1.807, 2.05) is 6.92 Å². The van der Waals surface area contributed by atoms with Crippen LogP contribution in [0.3, 0.4) is 0 Å². The SMILES string of the molecule is Cc1ccc(N)c(C)c1NS(=O)(=O)c1cccs1. The number of thiophene rings is 1. The molecule has 3 N–H and O–H groups in total. The predicted molar refractivity (Wildman–Crippen MR) is 75.5 cm³/mol. The van der Waals surface area contributed by atoms with Crippen molar-refractivity contribution in [3.05, 3.63) is 40.8 Å². The quantitative estimate of drug-likeness (QED) is 0.850. The van der Waals surface area contributed by atoms with Crippen molar-refractivity contribution in [3.8, 4) is 0 Å². The molecule has 0 amide bonds. The third kappa shape index (κ3) is 2.34. The number of aryl methyl sites for hydroxylation is 1. The summed E-state index contributed by atoms with van der Waals surface area (Å²) in [6.45, 7) is 3.65. The van der Waals surface area contributed by atoms with E-state index >= 15 is 0 Å². The first-order valence-electron chi connectivity index (χ1n) is 5.34. The molecule has 0 aliphatic carbocycles. The molecule has 0 radical (unpaired) electrons. The zero-order chi connectivity index (χ0) is 13.3. The fourth-order valence-corrected chi connectivity index (χ4v) is 3.81. The Morgan fingerprint density at radius 1 is 1.22 bits per heavy atom. The lowest BCUT2D eigenvalue weighted by Gasteiger charge is -2.13. The summed E-state index contributed by atoms with van der Waals surface area (Å²) in [5.74, 6) is 0. The monoisotopic (exact) mass is 282 g/mol. The van der Waals surface area contributed by atoms with E-state index in [2.05, 4.69) is 4.72 Å². The van der Waals surface area contributed by atoms with E-state index in [1.54, 1.807) is 36.6 Å². The van der Waals surface area contributed by atoms with Gasteiger partial charge in [-0.25, -0.2) is 8.42 Å². The van der Waals surface area contributed by atoms with Gasteiger partial charge in [0.15, 0.2) is 0 Å². The fourth-order valence-electron chi connectivity index (χ4n) is 1.62. The molecule has 0 saturated heterocycles. The molecule has 4 nitrogen and oxygen atoms in total. The van der Waals surface area contributed by atoms with Crippen molar-refractivity contribution < 1.29 is 8.42 Å². The second-order valence-electron chi connectivity index (χ2n) is 4.01. The lowest BCUT2D eigenvalue weighted by atomic mass is 10.1. The predicted octanol–water partition coefficient (Wildman–Crippen LogP) is 2.75. The molecule has 6 heteroatoms. The highest BCUT2D eigenvalue weighted by Crippen LogP contribution is 2.28. The van der Waals surface area contributed by atoms with E-state index in [0.29, 0.717) is 15.6 Å². The third-order valence-corrected chi connectivity index (χ3v) is 5.46. The van der Waals surface area contributed by atoms with Gasteiger partial charge in [-0.1, -0.05) is 12.1 Å². The Bertz CT molecular complexity index is 662. The number of hydrogen-bond acceptors (Lipinski definition) is 4. The molecule has 18 heavy (non-hydrogen) atoms. The van der Waals surface area contributed by atoms with E-state index in [-0.39, 0.29) is 0 Å². The number of rotatable bonds is 3. The van der Waals surface area contributed by atoms with E-state index < -0.39 is 10.0 Å². The van der Waals surface area contributed by atoms with Crippen LogP contribution in [0.4, 0.5) is 11.4 Å². The summed E-state index contributed by atoms with van der Waals surface area (Å²) in [4.78, 5) is 0. The molecule has 0 bridgehead atoms. The molecule has 2 aromatic rings. The average molecular weight is 282 g/mol. The van der Waals surface area contributed by atoms with Crippen molar-refractivity contribution >= 4 is 32.7 Å². The van der Waals surface area contributed by atoms with Gasteiger partial charge in [-0.2, -0.15) is 0 Å². The Morgan fingerprint density at radius 3 is 2.56 bits per heavy atom. The third-order valence-electron chi connectivity index (χ3n) is 2.71. The van der Waals surface area contributed by atoms with E-state index in [1.165, 1.54) is 11.3 Å². The van der Waals surface area contributed by atoms with Crippen LogP contribution in [0.15, 0.2) is 33.9 Å². The van der Waals surface area contributed by atoms with Gasteiger partial charge in [0.05, 0.1) is 5.69 Å². The van der Waals surface area contributed by atoms with Gasteiger partial charge in [0.25, 0.3) is 10.0 Å². The molecule has 0 unspecified atom stereocenters. The number of nitrogens with two attached hydrogens (primary N) is 1. The Hall–Kier alpha value is -1.53. The molecule has 1 aromatic carbocycles.